The Morgan fingerprint density at radius 1 is 1.20 bits per heavy atom. The monoisotopic (exact) mass is 274 g/mol. The molecule has 0 fully saturated rings. The molecular formula is C15H18N2O3. The lowest BCUT2D eigenvalue weighted by molar-refractivity contribution is -0.136. The molecule has 20 heavy (non-hydrogen) atoms. The second-order valence-electron chi connectivity index (χ2n) is 5.01. The first-order valence-corrected chi connectivity index (χ1v) is 6.59. The van der Waals surface area contributed by atoms with Crippen LogP contribution < -0.4 is 5.69 Å². The molecule has 0 radical (unpaired) electrons. The highest BCUT2D eigenvalue weighted by atomic mass is 16.4. The third-order valence-electron chi connectivity index (χ3n) is 3.20. The number of aromatic nitrogens is 2. The smallest absolute Gasteiger partial charge is 0.332 e. The Morgan fingerprint density at radius 2 is 1.85 bits per heavy atom. The SMILES string of the molecule is CC(C)n1ccn(-c2ccc(CCC(=O)O)cc2)c1=O. The molecule has 0 aliphatic rings. The van der Waals surface area contributed by atoms with Crippen molar-refractivity contribution in [3.05, 3.63) is 52.7 Å². The molecule has 1 aromatic carbocycles. The maximum atomic E-state index is 12.2. The zero-order chi connectivity index (χ0) is 14.7. The van der Waals surface area contributed by atoms with Crippen LogP contribution in [0.5, 0.6) is 0 Å². The summed E-state index contributed by atoms with van der Waals surface area (Å²) in [6.45, 7) is 3.92. The van der Waals surface area contributed by atoms with Crippen molar-refractivity contribution in [1.29, 1.82) is 0 Å². The van der Waals surface area contributed by atoms with Crippen molar-refractivity contribution in [1.82, 2.24) is 9.13 Å². The minimum atomic E-state index is -0.806. The van der Waals surface area contributed by atoms with E-state index >= 15 is 0 Å². The average molecular weight is 274 g/mol. The first kappa shape index (κ1) is 14.1. The maximum Gasteiger partial charge on any atom is 0.332 e. The molecule has 0 aliphatic carbocycles. The van der Waals surface area contributed by atoms with Gasteiger partial charge in [-0.1, -0.05) is 12.1 Å². The second-order valence-corrected chi connectivity index (χ2v) is 5.01. The molecule has 0 saturated heterocycles. The topological polar surface area (TPSA) is 64.2 Å². The standard InChI is InChI=1S/C15H18N2O3/c1-11(2)16-9-10-17(15(16)20)13-6-3-12(4-7-13)5-8-14(18)19/h3-4,6-7,9-11H,5,8H2,1-2H3,(H,18,19). The fraction of sp³-hybridized carbons (Fsp3) is 0.333. The Labute approximate surface area is 117 Å². The van der Waals surface area contributed by atoms with Gasteiger partial charge in [0, 0.05) is 24.9 Å². The molecule has 0 bridgehead atoms. The van der Waals surface area contributed by atoms with Crippen LogP contribution in [-0.4, -0.2) is 20.2 Å². The molecule has 5 heteroatoms. The van der Waals surface area contributed by atoms with Crippen molar-refractivity contribution >= 4 is 5.97 Å². The lowest BCUT2D eigenvalue weighted by Crippen LogP contribution is -2.24. The molecule has 0 spiro atoms. The molecule has 0 aliphatic heterocycles. The number of aryl methyl sites for hydroxylation is 1. The molecule has 1 aromatic heterocycles. The van der Waals surface area contributed by atoms with E-state index in [4.69, 9.17) is 5.11 Å². The maximum absolute atomic E-state index is 12.2. The summed E-state index contributed by atoms with van der Waals surface area (Å²) >= 11 is 0. The summed E-state index contributed by atoms with van der Waals surface area (Å²) in [5, 5.41) is 8.65. The molecule has 106 valence electrons. The molecule has 5 nitrogen and oxygen atoms in total. The molecule has 0 atom stereocenters. The number of hydrogen-bond donors (Lipinski definition) is 1. The van der Waals surface area contributed by atoms with Gasteiger partial charge in [-0.25, -0.2) is 4.79 Å². The number of carboxylic acid groups (broad SMARTS) is 1. The quantitative estimate of drug-likeness (QED) is 0.909. The average Bonchev–Trinajstić information content (AvgIpc) is 2.79. The summed E-state index contributed by atoms with van der Waals surface area (Å²) < 4.78 is 3.25. The van der Waals surface area contributed by atoms with E-state index in [1.54, 1.807) is 21.5 Å². The summed E-state index contributed by atoms with van der Waals surface area (Å²) in [6.07, 6.45) is 4.13. The first-order valence-electron chi connectivity index (χ1n) is 6.59. The lowest BCUT2D eigenvalue weighted by Gasteiger charge is -2.06. The molecule has 0 saturated carbocycles. The van der Waals surface area contributed by atoms with E-state index < -0.39 is 5.97 Å². The van der Waals surface area contributed by atoms with Crippen LogP contribution in [0.1, 0.15) is 31.9 Å². The third kappa shape index (κ3) is 2.99. The number of nitrogens with zero attached hydrogens (tertiary/aromatic N) is 2. The predicted molar refractivity (Wildman–Crippen MR) is 76.4 cm³/mol. The van der Waals surface area contributed by atoms with Gasteiger partial charge >= 0.3 is 11.7 Å². The summed E-state index contributed by atoms with van der Waals surface area (Å²) in [4.78, 5) is 22.7. The number of carboxylic acids is 1. The minimum Gasteiger partial charge on any atom is -0.481 e. The fourth-order valence-electron chi connectivity index (χ4n) is 2.05. The second kappa shape index (κ2) is 5.77. The summed E-state index contributed by atoms with van der Waals surface area (Å²) in [7, 11) is 0. The lowest BCUT2D eigenvalue weighted by atomic mass is 10.1. The number of hydrogen-bond acceptors (Lipinski definition) is 2. The molecule has 2 rings (SSSR count). The van der Waals surface area contributed by atoms with Crippen LogP contribution in [0, 0.1) is 0 Å². The molecule has 0 unspecified atom stereocenters. The molecular weight excluding hydrogens is 256 g/mol. The van der Waals surface area contributed by atoms with E-state index in [1.807, 2.05) is 38.1 Å². The molecule has 0 amide bonds. The van der Waals surface area contributed by atoms with E-state index in [0.29, 0.717) is 6.42 Å². The van der Waals surface area contributed by atoms with Gasteiger partial charge in [-0.3, -0.25) is 13.9 Å². The van der Waals surface area contributed by atoms with Gasteiger partial charge in [0.1, 0.15) is 0 Å². The van der Waals surface area contributed by atoms with Crippen molar-refractivity contribution in [2.24, 2.45) is 0 Å². The van der Waals surface area contributed by atoms with Gasteiger partial charge in [0.05, 0.1) is 5.69 Å². The Kier molecular flexibility index (Phi) is 4.08. The molecule has 1 N–H and O–H groups in total. The van der Waals surface area contributed by atoms with E-state index in [2.05, 4.69) is 0 Å². The Hall–Kier alpha value is -2.30. The number of aliphatic carboxylic acids is 1. The van der Waals surface area contributed by atoms with Crippen LogP contribution >= 0.6 is 0 Å². The van der Waals surface area contributed by atoms with Gasteiger partial charge < -0.3 is 5.11 Å². The van der Waals surface area contributed by atoms with Gasteiger partial charge in [-0.15, -0.1) is 0 Å². The van der Waals surface area contributed by atoms with Crippen LogP contribution in [0.2, 0.25) is 0 Å². The van der Waals surface area contributed by atoms with Crippen LogP contribution in [0.3, 0.4) is 0 Å². The van der Waals surface area contributed by atoms with Gasteiger partial charge in [-0.2, -0.15) is 0 Å². The Bertz CT molecular complexity index is 651. The van der Waals surface area contributed by atoms with Crippen LogP contribution in [-0.2, 0) is 11.2 Å². The van der Waals surface area contributed by atoms with E-state index in [-0.39, 0.29) is 18.2 Å². The highest BCUT2D eigenvalue weighted by Crippen LogP contribution is 2.10. The predicted octanol–water partition coefficient (Wildman–Crippen LogP) is 2.24. The molecule has 1 heterocycles. The highest BCUT2D eigenvalue weighted by Gasteiger charge is 2.07. The van der Waals surface area contributed by atoms with Gasteiger partial charge in [0.15, 0.2) is 0 Å². The van der Waals surface area contributed by atoms with Gasteiger partial charge in [-0.05, 0) is 38.0 Å². The zero-order valence-corrected chi connectivity index (χ0v) is 11.6. The van der Waals surface area contributed by atoms with Crippen molar-refractivity contribution in [3.8, 4) is 5.69 Å². The van der Waals surface area contributed by atoms with Crippen molar-refractivity contribution in [2.75, 3.05) is 0 Å². The van der Waals surface area contributed by atoms with Crippen molar-refractivity contribution in [3.63, 3.8) is 0 Å². The van der Waals surface area contributed by atoms with Crippen LogP contribution in [0.4, 0.5) is 0 Å². The third-order valence-corrected chi connectivity index (χ3v) is 3.20. The summed E-state index contributed by atoms with van der Waals surface area (Å²) in [6, 6.07) is 7.51. The van der Waals surface area contributed by atoms with E-state index in [0.717, 1.165) is 11.3 Å². The Balaban J connectivity index is 2.22. The van der Waals surface area contributed by atoms with Crippen molar-refractivity contribution < 1.29 is 9.90 Å². The number of rotatable bonds is 5. The first-order chi connectivity index (χ1) is 9.49. The Morgan fingerprint density at radius 3 is 2.35 bits per heavy atom. The largest absolute Gasteiger partial charge is 0.481 e. The summed E-state index contributed by atoms with van der Waals surface area (Å²) in [5.41, 5.74) is 1.67. The molecule has 2 aromatic rings. The fourth-order valence-corrected chi connectivity index (χ4v) is 2.05. The number of carbonyl (C=O) groups is 1. The number of imidazole rings is 1. The van der Waals surface area contributed by atoms with E-state index in [9.17, 15) is 9.59 Å². The normalized spacial score (nSPS) is 10.9. The van der Waals surface area contributed by atoms with Gasteiger partial charge in [0.25, 0.3) is 0 Å². The van der Waals surface area contributed by atoms with Crippen molar-refractivity contribution in [2.45, 2.75) is 32.7 Å². The van der Waals surface area contributed by atoms with Gasteiger partial charge in [0.2, 0.25) is 0 Å². The minimum absolute atomic E-state index is 0.0710. The van der Waals surface area contributed by atoms with E-state index in [1.165, 1.54) is 0 Å². The zero-order valence-electron chi connectivity index (χ0n) is 11.6. The highest BCUT2D eigenvalue weighted by molar-refractivity contribution is 5.67. The number of benzene rings is 1. The van der Waals surface area contributed by atoms with Crippen LogP contribution in [0.15, 0.2) is 41.5 Å². The summed E-state index contributed by atoms with van der Waals surface area (Å²) in [5.74, 6) is -0.806. The van der Waals surface area contributed by atoms with Crippen LogP contribution in [0.25, 0.3) is 5.69 Å².